The average Bonchev–Trinajstić information content (AvgIpc) is 2.19. The molecule has 0 spiro atoms. The van der Waals surface area contributed by atoms with E-state index in [-0.39, 0.29) is 11.7 Å². The maximum atomic E-state index is 11.0. The maximum Gasteiger partial charge on any atom is 0.187 e. The molecule has 0 aromatic heterocycles. The Labute approximate surface area is 93.6 Å². The summed E-state index contributed by atoms with van der Waals surface area (Å²) in [4.78, 5) is 24.0. The highest BCUT2D eigenvalue weighted by Gasteiger charge is 2.16. The predicted octanol–water partition coefficient (Wildman–Crippen LogP) is 0.616. The van der Waals surface area contributed by atoms with Crippen LogP contribution < -0.4 is 0 Å². The first-order chi connectivity index (χ1) is 7.15. The lowest BCUT2D eigenvalue weighted by Crippen LogP contribution is -2.38. The van der Waals surface area contributed by atoms with Crippen LogP contribution in [-0.4, -0.2) is 43.8 Å². The topological polar surface area (TPSA) is 37.4 Å². The first-order valence-corrected chi connectivity index (χ1v) is 5.84. The van der Waals surface area contributed by atoms with Crippen molar-refractivity contribution < 1.29 is 9.59 Å². The van der Waals surface area contributed by atoms with E-state index in [1.54, 1.807) is 7.85 Å². The number of hydrogen-bond acceptors (Lipinski definition) is 3. The van der Waals surface area contributed by atoms with Gasteiger partial charge in [-0.3, -0.25) is 4.90 Å². The van der Waals surface area contributed by atoms with Crippen molar-refractivity contribution in [1.82, 2.24) is 4.90 Å². The Morgan fingerprint density at radius 1 is 1.33 bits per heavy atom. The van der Waals surface area contributed by atoms with Gasteiger partial charge in [0.25, 0.3) is 0 Å². The molecule has 0 aliphatic carbocycles. The molecule has 0 saturated heterocycles. The molecular formula is C11H22BNO2. The molecular weight excluding hydrogens is 189 g/mol. The summed E-state index contributed by atoms with van der Waals surface area (Å²) in [5, 5.41) is 0. The van der Waals surface area contributed by atoms with Crippen molar-refractivity contribution in [2.45, 2.75) is 45.6 Å². The second kappa shape index (κ2) is 8.66. The van der Waals surface area contributed by atoms with Crippen LogP contribution in [0, 0.1) is 0 Å². The lowest BCUT2D eigenvalue weighted by Gasteiger charge is -2.26. The van der Waals surface area contributed by atoms with Crippen molar-refractivity contribution in [2.24, 2.45) is 0 Å². The lowest BCUT2D eigenvalue weighted by molar-refractivity contribution is -0.114. The summed E-state index contributed by atoms with van der Waals surface area (Å²) in [6.07, 6.45) is 4.25. The summed E-state index contributed by atoms with van der Waals surface area (Å²) in [5.41, 5.74) is 0.162. The van der Waals surface area contributed by atoms with Gasteiger partial charge in [0, 0.05) is 0 Å². The zero-order valence-electron chi connectivity index (χ0n) is 10.2. The van der Waals surface area contributed by atoms with Crippen LogP contribution in [0.3, 0.4) is 0 Å². The number of aldehydes is 1. The van der Waals surface area contributed by atoms with Crippen molar-refractivity contribution in [2.75, 3.05) is 13.1 Å². The smallest absolute Gasteiger partial charge is 0.187 e. The van der Waals surface area contributed by atoms with Gasteiger partial charge in [0.2, 0.25) is 0 Å². The molecule has 0 rings (SSSR count). The molecule has 0 aliphatic rings. The first-order valence-electron chi connectivity index (χ1n) is 5.84. The molecule has 0 heterocycles. The third kappa shape index (κ3) is 6.45. The van der Waals surface area contributed by atoms with Gasteiger partial charge >= 0.3 is 0 Å². The van der Waals surface area contributed by atoms with Crippen LogP contribution in [0.5, 0.6) is 0 Å². The molecule has 0 fully saturated rings. The van der Waals surface area contributed by atoms with Gasteiger partial charge in [0.1, 0.15) is 6.29 Å². The van der Waals surface area contributed by atoms with E-state index in [0.29, 0.717) is 12.8 Å². The van der Waals surface area contributed by atoms with Crippen molar-refractivity contribution in [3.05, 3.63) is 0 Å². The summed E-state index contributed by atoms with van der Waals surface area (Å²) in [6, 6.07) is -0.0752. The molecule has 0 saturated carbocycles. The average molecular weight is 211 g/mol. The van der Waals surface area contributed by atoms with E-state index in [1.807, 2.05) is 0 Å². The van der Waals surface area contributed by atoms with Crippen LogP contribution in [0.2, 0.25) is 0 Å². The Hall–Kier alpha value is -0.635. The van der Waals surface area contributed by atoms with Gasteiger partial charge in [0.15, 0.2) is 7.85 Å². The molecule has 1 atom stereocenters. The van der Waals surface area contributed by atoms with Crippen molar-refractivity contribution >= 4 is 19.8 Å². The molecule has 0 amide bonds. The van der Waals surface area contributed by atoms with Gasteiger partial charge in [-0.1, -0.05) is 13.8 Å². The van der Waals surface area contributed by atoms with Crippen LogP contribution in [0.1, 0.15) is 39.5 Å². The van der Waals surface area contributed by atoms with E-state index in [2.05, 4.69) is 18.7 Å². The molecule has 86 valence electrons. The highest BCUT2D eigenvalue weighted by molar-refractivity contribution is 6.57. The molecule has 0 bridgehead atoms. The van der Waals surface area contributed by atoms with Crippen molar-refractivity contribution in [3.8, 4) is 0 Å². The second-order valence-electron chi connectivity index (χ2n) is 3.98. The molecule has 0 aromatic carbocycles. The number of carbonyl (C=O) groups excluding carboxylic acids is 2. The largest absolute Gasteiger partial charge is 0.312 e. The Morgan fingerprint density at radius 2 is 1.87 bits per heavy atom. The lowest BCUT2D eigenvalue weighted by atomic mass is 9.95. The number of rotatable bonds is 9. The molecule has 15 heavy (non-hydrogen) atoms. The minimum absolute atomic E-state index is 0.0752. The van der Waals surface area contributed by atoms with Gasteiger partial charge in [0.05, 0.1) is 11.7 Å². The van der Waals surface area contributed by atoms with Gasteiger partial charge in [-0.15, -0.1) is 0 Å². The Morgan fingerprint density at radius 3 is 2.20 bits per heavy atom. The van der Waals surface area contributed by atoms with Crippen LogP contribution in [0.15, 0.2) is 0 Å². The van der Waals surface area contributed by atoms with Gasteiger partial charge in [-0.25, -0.2) is 0 Å². The third-order valence-corrected chi connectivity index (χ3v) is 2.44. The third-order valence-electron chi connectivity index (χ3n) is 2.44. The fourth-order valence-corrected chi connectivity index (χ4v) is 1.71. The molecule has 4 heteroatoms. The minimum atomic E-state index is -0.0752. The summed E-state index contributed by atoms with van der Waals surface area (Å²) < 4.78 is 0. The van der Waals surface area contributed by atoms with Gasteiger partial charge < -0.3 is 9.59 Å². The fraction of sp³-hybridized carbons (Fsp3) is 0.818. The predicted molar refractivity (Wildman–Crippen MR) is 64.8 cm³/mol. The monoisotopic (exact) mass is 211 g/mol. The zero-order valence-corrected chi connectivity index (χ0v) is 10.2. The summed E-state index contributed by atoms with van der Waals surface area (Å²) >= 11 is 0. The van der Waals surface area contributed by atoms with Crippen LogP contribution in [0.25, 0.3) is 0 Å². The van der Waals surface area contributed by atoms with Crippen LogP contribution in [-0.2, 0) is 9.59 Å². The molecule has 0 N–H and O–H groups in total. The standard InChI is InChI=1S/C11H22BNO2/c1-3-7-13(8-4-2)10(9-14)5-6-11(12)15/h9-10H,3-8,12H2,1-2H3. The van der Waals surface area contributed by atoms with Crippen LogP contribution >= 0.6 is 0 Å². The van der Waals surface area contributed by atoms with Crippen molar-refractivity contribution in [3.63, 3.8) is 0 Å². The van der Waals surface area contributed by atoms with E-state index in [4.69, 9.17) is 0 Å². The SMILES string of the molecule is BC(=O)CCC(C=O)N(CCC)CCC. The summed E-state index contributed by atoms with van der Waals surface area (Å²) in [6.45, 7) is 6.09. The van der Waals surface area contributed by atoms with Gasteiger partial charge in [-0.2, -0.15) is 0 Å². The van der Waals surface area contributed by atoms with E-state index in [1.165, 1.54) is 0 Å². The fourth-order valence-electron chi connectivity index (χ4n) is 1.71. The molecule has 1 unspecified atom stereocenters. The zero-order chi connectivity index (χ0) is 11.7. The summed E-state index contributed by atoms with van der Waals surface area (Å²) in [7, 11) is 1.58. The van der Waals surface area contributed by atoms with E-state index < -0.39 is 0 Å². The maximum absolute atomic E-state index is 11.0. The number of nitrogens with zero attached hydrogens (tertiary/aromatic N) is 1. The van der Waals surface area contributed by atoms with Crippen LogP contribution in [0.4, 0.5) is 0 Å². The van der Waals surface area contributed by atoms with Gasteiger partial charge in [-0.05, 0) is 38.8 Å². The normalized spacial score (nSPS) is 12.7. The molecule has 3 nitrogen and oxygen atoms in total. The number of carbonyl (C=O) groups is 2. The Bertz CT molecular complexity index is 191. The molecule has 0 radical (unpaired) electrons. The van der Waals surface area contributed by atoms with E-state index in [9.17, 15) is 9.59 Å². The minimum Gasteiger partial charge on any atom is -0.312 e. The first kappa shape index (κ1) is 14.4. The molecule has 0 aliphatic heterocycles. The second-order valence-corrected chi connectivity index (χ2v) is 3.98. The number of hydrogen-bond donors (Lipinski definition) is 0. The van der Waals surface area contributed by atoms with E-state index >= 15 is 0 Å². The van der Waals surface area contributed by atoms with E-state index in [0.717, 1.165) is 32.2 Å². The highest BCUT2D eigenvalue weighted by atomic mass is 16.1. The quantitative estimate of drug-likeness (QED) is 0.414. The van der Waals surface area contributed by atoms with Crippen molar-refractivity contribution in [1.29, 1.82) is 0 Å². The Balaban J connectivity index is 4.16. The Kier molecular flexibility index (Phi) is 8.29. The summed E-state index contributed by atoms with van der Waals surface area (Å²) in [5.74, 6) is 0. The molecule has 0 aromatic rings. The highest BCUT2D eigenvalue weighted by Crippen LogP contribution is 2.07.